The van der Waals surface area contributed by atoms with Gasteiger partial charge in [-0.15, -0.1) is 0 Å². The van der Waals surface area contributed by atoms with Crippen molar-refractivity contribution >= 4 is 17.8 Å². The molecule has 2 aromatic carbocycles. The highest BCUT2D eigenvalue weighted by Crippen LogP contribution is 2.10. The highest BCUT2D eigenvalue weighted by atomic mass is 16.5. The first-order chi connectivity index (χ1) is 10.3. The lowest BCUT2D eigenvalue weighted by molar-refractivity contribution is -0.119. The summed E-state index contributed by atoms with van der Waals surface area (Å²) in [4.78, 5) is 11.6. The fourth-order valence-corrected chi connectivity index (χ4v) is 1.68. The monoisotopic (exact) mass is 283 g/mol. The van der Waals surface area contributed by atoms with Crippen molar-refractivity contribution in [2.75, 3.05) is 19.0 Å². The van der Waals surface area contributed by atoms with Crippen LogP contribution in [0, 0.1) is 0 Å². The van der Waals surface area contributed by atoms with Crippen molar-refractivity contribution in [3.63, 3.8) is 0 Å². The largest absolute Gasteiger partial charge is 0.497 e. The average molecular weight is 283 g/mol. The molecule has 21 heavy (non-hydrogen) atoms. The lowest BCUT2D eigenvalue weighted by Gasteiger charge is -2.04. The third-order valence-electron chi connectivity index (χ3n) is 2.72. The van der Waals surface area contributed by atoms with Crippen LogP contribution in [0.2, 0.25) is 0 Å². The van der Waals surface area contributed by atoms with Crippen molar-refractivity contribution < 1.29 is 9.53 Å². The summed E-state index contributed by atoms with van der Waals surface area (Å²) in [6.45, 7) is 0.166. The topological polar surface area (TPSA) is 62.7 Å². The zero-order valence-electron chi connectivity index (χ0n) is 11.7. The summed E-state index contributed by atoms with van der Waals surface area (Å²) < 4.78 is 5.11. The maximum Gasteiger partial charge on any atom is 0.259 e. The zero-order chi connectivity index (χ0) is 14.9. The molecule has 5 heteroatoms. The minimum atomic E-state index is -0.210. The minimum Gasteiger partial charge on any atom is -0.497 e. The molecule has 0 atom stereocenters. The van der Waals surface area contributed by atoms with Gasteiger partial charge in [0.25, 0.3) is 5.91 Å². The number of amides is 1. The Morgan fingerprint density at radius 1 is 1.19 bits per heavy atom. The van der Waals surface area contributed by atoms with Gasteiger partial charge in [0.15, 0.2) is 0 Å². The van der Waals surface area contributed by atoms with Crippen molar-refractivity contribution in [2.24, 2.45) is 5.10 Å². The van der Waals surface area contributed by atoms with E-state index in [1.165, 1.54) is 0 Å². The normalized spacial score (nSPS) is 10.3. The molecular formula is C16H17N3O2. The Balaban J connectivity index is 1.79. The second-order valence-corrected chi connectivity index (χ2v) is 4.29. The number of methoxy groups -OCH3 is 1. The first-order valence-electron chi connectivity index (χ1n) is 6.53. The average Bonchev–Trinajstić information content (AvgIpc) is 2.54. The molecule has 0 bridgehead atoms. The van der Waals surface area contributed by atoms with Gasteiger partial charge in [-0.3, -0.25) is 4.79 Å². The molecule has 0 saturated heterocycles. The van der Waals surface area contributed by atoms with Gasteiger partial charge in [-0.1, -0.05) is 30.3 Å². The van der Waals surface area contributed by atoms with Crippen molar-refractivity contribution in [1.82, 2.24) is 5.43 Å². The quantitative estimate of drug-likeness (QED) is 0.631. The molecule has 108 valence electrons. The fourth-order valence-electron chi connectivity index (χ4n) is 1.68. The third kappa shape index (κ3) is 4.99. The van der Waals surface area contributed by atoms with Gasteiger partial charge in [0, 0.05) is 5.69 Å². The van der Waals surface area contributed by atoms with Crippen molar-refractivity contribution in [3.8, 4) is 5.75 Å². The van der Waals surface area contributed by atoms with Crippen LogP contribution in [0.5, 0.6) is 5.75 Å². The van der Waals surface area contributed by atoms with E-state index in [4.69, 9.17) is 4.74 Å². The first-order valence-corrected chi connectivity index (χ1v) is 6.53. The lowest BCUT2D eigenvalue weighted by atomic mass is 10.2. The number of nitrogens with one attached hydrogen (secondary N) is 2. The molecular weight excluding hydrogens is 266 g/mol. The highest BCUT2D eigenvalue weighted by molar-refractivity contribution is 5.84. The van der Waals surface area contributed by atoms with Gasteiger partial charge in [0.05, 0.1) is 19.9 Å². The lowest BCUT2D eigenvalue weighted by Crippen LogP contribution is -2.25. The van der Waals surface area contributed by atoms with Crippen molar-refractivity contribution in [2.45, 2.75) is 0 Å². The van der Waals surface area contributed by atoms with Gasteiger partial charge in [-0.25, -0.2) is 5.43 Å². The number of carbonyl (C=O) groups is 1. The molecule has 0 heterocycles. The van der Waals surface area contributed by atoms with Gasteiger partial charge >= 0.3 is 0 Å². The van der Waals surface area contributed by atoms with Crippen LogP contribution in [0.1, 0.15) is 5.56 Å². The van der Waals surface area contributed by atoms with Crippen LogP contribution in [0.4, 0.5) is 5.69 Å². The summed E-state index contributed by atoms with van der Waals surface area (Å²) in [7, 11) is 1.60. The number of nitrogens with zero attached hydrogens (tertiary/aromatic N) is 1. The van der Waals surface area contributed by atoms with E-state index in [1.807, 2.05) is 54.6 Å². The molecule has 2 rings (SSSR count). The van der Waals surface area contributed by atoms with E-state index in [1.54, 1.807) is 13.3 Å². The second kappa shape index (κ2) is 7.69. The number of rotatable bonds is 6. The van der Waals surface area contributed by atoms with E-state index in [-0.39, 0.29) is 12.5 Å². The maximum absolute atomic E-state index is 11.6. The Morgan fingerprint density at radius 2 is 2.00 bits per heavy atom. The molecule has 0 saturated carbocycles. The third-order valence-corrected chi connectivity index (χ3v) is 2.72. The molecule has 0 aliphatic rings. The first kappa shape index (κ1) is 14.6. The summed E-state index contributed by atoms with van der Waals surface area (Å²) >= 11 is 0. The molecule has 5 nitrogen and oxygen atoms in total. The van der Waals surface area contributed by atoms with Gasteiger partial charge in [0.1, 0.15) is 5.75 Å². The number of carbonyl (C=O) groups excluding carboxylic acids is 1. The number of para-hydroxylation sites is 1. The summed E-state index contributed by atoms with van der Waals surface area (Å²) in [5.74, 6) is 0.536. The standard InChI is InChI=1S/C16H17N3O2/c1-21-15-9-5-6-13(10-15)11-18-19-16(20)12-17-14-7-3-2-4-8-14/h2-11,17H,12H2,1H3,(H,19,20)/b18-11-. The zero-order valence-corrected chi connectivity index (χ0v) is 11.7. The Bertz CT molecular complexity index is 612. The summed E-state index contributed by atoms with van der Waals surface area (Å²) in [6, 6.07) is 16.9. The molecule has 0 fully saturated rings. The molecule has 0 aromatic heterocycles. The number of benzene rings is 2. The summed E-state index contributed by atoms with van der Waals surface area (Å²) in [5.41, 5.74) is 4.21. The Morgan fingerprint density at radius 3 is 2.76 bits per heavy atom. The van der Waals surface area contributed by atoms with E-state index in [0.29, 0.717) is 0 Å². The van der Waals surface area contributed by atoms with E-state index in [2.05, 4.69) is 15.8 Å². The number of ether oxygens (including phenoxy) is 1. The van der Waals surface area contributed by atoms with Crippen LogP contribution >= 0.6 is 0 Å². The van der Waals surface area contributed by atoms with Gasteiger partial charge in [-0.2, -0.15) is 5.10 Å². The molecule has 1 amide bonds. The van der Waals surface area contributed by atoms with E-state index in [0.717, 1.165) is 17.0 Å². The van der Waals surface area contributed by atoms with E-state index in [9.17, 15) is 4.79 Å². The second-order valence-electron chi connectivity index (χ2n) is 4.29. The molecule has 0 spiro atoms. The number of hydrazone groups is 1. The maximum atomic E-state index is 11.6. The minimum absolute atomic E-state index is 0.166. The van der Waals surface area contributed by atoms with Gasteiger partial charge in [0.2, 0.25) is 0 Å². The van der Waals surface area contributed by atoms with Gasteiger partial charge < -0.3 is 10.1 Å². The predicted octanol–water partition coefficient (Wildman–Crippen LogP) is 2.26. The molecule has 0 unspecified atom stereocenters. The molecule has 2 aromatic rings. The Hall–Kier alpha value is -2.82. The van der Waals surface area contributed by atoms with Crippen LogP contribution in [-0.2, 0) is 4.79 Å². The van der Waals surface area contributed by atoms with Crippen LogP contribution in [0.3, 0.4) is 0 Å². The van der Waals surface area contributed by atoms with Crippen molar-refractivity contribution in [3.05, 3.63) is 60.2 Å². The summed E-state index contributed by atoms with van der Waals surface area (Å²) in [5, 5.41) is 6.91. The van der Waals surface area contributed by atoms with E-state index < -0.39 is 0 Å². The van der Waals surface area contributed by atoms with Crippen LogP contribution in [0.15, 0.2) is 59.7 Å². The SMILES string of the molecule is COc1cccc(/C=N\NC(=O)CNc2ccccc2)c1. The number of anilines is 1. The van der Waals surface area contributed by atoms with Gasteiger partial charge in [-0.05, 0) is 29.8 Å². The highest BCUT2D eigenvalue weighted by Gasteiger charge is 1.98. The summed E-state index contributed by atoms with van der Waals surface area (Å²) in [6.07, 6.45) is 1.57. The van der Waals surface area contributed by atoms with Crippen molar-refractivity contribution in [1.29, 1.82) is 0 Å². The molecule has 0 radical (unpaired) electrons. The fraction of sp³-hybridized carbons (Fsp3) is 0.125. The van der Waals surface area contributed by atoms with Crippen LogP contribution in [0.25, 0.3) is 0 Å². The molecule has 0 aliphatic carbocycles. The van der Waals surface area contributed by atoms with Crippen LogP contribution in [-0.4, -0.2) is 25.8 Å². The smallest absolute Gasteiger partial charge is 0.259 e. The van der Waals surface area contributed by atoms with E-state index >= 15 is 0 Å². The number of hydrogen-bond donors (Lipinski definition) is 2. The Kier molecular flexibility index (Phi) is 5.34. The predicted molar refractivity (Wildman–Crippen MR) is 83.7 cm³/mol. The van der Waals surface area contributed by atoms with Crippen LogP contribution < -0.4 is 15.5 Å². The Labute approximate surface area is 123 Å². The molecule has 0 aliphatic heterocycles. The number of hydrogen-bond acceptors (Lipinski definition) is 4. The molecule has 2 N–H and O–H groups in total.